The van der Waals surface area contributed by atoms with Crippen LogP contribution in [0.1, 0.15) is 175 Å². The summed E-state index contributed by atoms with van der Waals surface area (Å²) >= 11 is 0. The van der Waals surface area contributed by atoms with Gasteiger partial charge in [-0.15, -0.1) is 0 Å². The number of amides is 2. The van der Waals surface area contributed by atoms with Crippen LogP contribution in [-0.4, -0.2) is 64.3 Å². The van der Waals surface area contributed by atoms with Gasteiger partial charge in [0.1, 0.15) is 24.6 Å². The lowest BCUT2D eigenvalue weighted by molar-refractivity contribution is -0.519. The largest absolute Gasteiger partial charge is 0.871 e. The van der Waals surface area contributed by atoms with Crippen molar-refractivity contribution in [2.45, 2.75) is 172 Å². The molecule has 0 unspecified atom stereocenters. The molecule has 2 aliphatic rings. The van der Waals surface area contributed by atoms with Crippen LogP contribution in [0.15, 0.2) is 76.7 Å². The quantitative estimate of drug-likeness (QED) is 0.0930. The van der Waals surface area contributed by atoms with E-state index >= 15 is 0 Å². The van der Waals surface area contributed by atoms with Gasteiger partial charge in [0.15, 0.2) is 5.78 Å². The highest BCUT2D eigenvalue weighted by Gasteiger charge is 2.36. The van der Waals surface area contributed by atoms with Gasteiger partial charge in [0.05, 0.1) is 11.4 Å². The maximum absolute atomic E-state index is 14.7. The molecule has 4 N–H and O–H groups in total. The number of aromatic hydroxyl groups is 2. The monoisotopic (exact) mass is 955 g/mol. The Hall–Kier alpha value is -5.90. The zero-order valence-electron chi connectivity index (χ0n) is 45.7. The Kier molecular flexibility index (Phi) is 16.4. The zero-order valence-corrected chi connectivity index (χ0v) is 45.7. The maximum Gasteiger partial charge on any atom is 0.224 e. The lowest BCUT2D eigenvalue weighted by Crippen LogP contribution is -2.35. The molecule has 378 valence electrons. The SMILES string of the molecule is CCN(CC)c1cc(NC(=O)CCc2cc(C(C)(C)C)c(O)c(C(C)(C)C)c2)c(C2=C([O-])/C(=C3/C=C(C)C(=[N+](CC)CC)C=C3NC(=O)CCc3cc(C(C)(C)C)c(O)c(C(C)(C)C)c3)C2=O)cc1C. The first-order chi connectivity index (χ1) is 32.4. The highest BCUT2D eigenvalue weighted by molar-refractivity contribution is 6.40. The van der Waals surface area contributed by atoms with E-state index in [0.29, 0.717) is 61.5 Å². The van der Waals surface area contributed by atoms with Crippen LogP contribution in [-0.2, 0) is 48.9 Å². The molecule has 3 aromatic carbocycles. The van der Waals surface area contributed by atoms with Crippen molar-refractivity contribution in [2.75, 3.05) is 36.4 Å². The molecule has 10 heteroatoms. The number of hydrogen-bond donors (Lipinski definition) is 4. The topological polar surface area (TPSA) is 145 Å². The number of phenolic OH excluding ortho intramolecular Hbond substituents is 2. The van der Waals surface area contributed by atoms with Crippen LogP contribution >= 0.6 is 0 Å². The number of Topliss-reactive ketones (excluding diaryl/α,β-unsaturated/α-hetero) is 1. The number of aryl methyl sites for hydroxylation is 3. The number of nitrogens with one attached hydrogen (secondary N) is 2. The number of benzene rings is 3. The molecular weight excluding hydrogens is 873 g/mol. The van der Waals surface area contributed by atoms with Crippen LogP contribution < -0.4 is 20.6 Å². The summed E-state index contributed by atoms with van der Waals surface area (Å²) in [5.74, 6) is -0.892. The minimum Gasteiger partial charge on any atom is -0.871 e. The van der Waals surface area contributed by atoms with Crippen LogP contribution in [0.25, 0.3) is 5.57 Å². The average molecular weight is 955 g/mol. The van der Waals surface area contributed by atoms with Crippen LogP contribution in [0.2, 0.25) is 0 Å². The number of carbonyl (C=O) groups excluding carboxylic acids is 3. The molecule has 0 radical (unpaired) electrons. The summed E-state index contributed by atoms with van der Waals surface area (Å²) in [6.45, 7) is 39.7. The molecule has 2 amide bonds. The molecule has 10 nitrogen and oxygen atoms in total. The number of hydrogen-bond acceptors (Lipinski definition) is 7. The van der Waals surface area contributed by atoms with E-state index in [9.17, 15) is 29.7 Å². The number of ketones is 1. The fourth-order valence-corrected chi connectivity index (χ4v) is 9.61. The lowest BCUT2D eigenvalue weighted by atomic mass is 9.77. The second kappa shape index (κ2) is 20.8. The summed E-state index contributed by atoms with van der Waals surface area (Å²) in [5.41, 5.74) is 8.81. The van der Waals surface area contributed by atoms with E-state index in [4.69, 9.17) is 0 Å². The molecule has 0 saturated carbocycles. The fraction of sp³-hybridized carbons (Fsp3) is 0.500. The summed E-state index contributed by atoms with van der Waals surface area (Å²) in [6.07, 6.45) is 4.78. The minimum atomic E-state index is -0.456. The Labute approximate surface area is 419 Å². The number of carbonyl (C=O) groups is 3. The second-order valence-electron chi connectivity index (χ2n) is 23.3. The van der Waals surface area contributed by atoms with Crippen LogP contribution in [0.3, 0.4) is 0 Å². The molecule has 2 aliphatic carbocycles. The molecule has 0 bridgehead atoms. The van der Waals surface area contributed by atoms with Gasteiger partial charge < -0.3 is 30.9 Å². The van der Waals surface area contributed by atoms with Crippen molar-refractivity contribution >= 4 is 40.3 Å². The predicted molar refractivity (Wildman–Crippen MR) is 286 cm³/mol. The minimum absolute atomic E-state index is 0.0120. The van der Waals surface area contributed by atoms with Gasteiger partial charge in [0, 0.05) is 65.6 Å². The van der Waals surface area contributed by atoms with Gasteiger partial charge in [-0.05, 0) is 133 Å². The predicted octanol–water partition coefficient (Wildman–Crippen LogP) is 11.1. The zero-order chi connectivity index (χ0) is 52.6. The summed E-state index contributed by atoms with van der Waals surface area (Å²) < 4.78 is 2.17. The normalized spacial score (nSPS) is 15.7. The van der Waals surface area contributed by atoms with Gasteiger partial charge in [-0.3, -0.25) is 14.4 Å². The molecule has 0 aliphatic heterocycles. The number of nitrogens with zero attached hydrogens (tertiary/aromatic N) is 2. The van der Waals surface area contributed by atoms with Gasteiger partial charge in [0.2, 0.25) is 17.5 Å². The van der Waals surface area contributed by atoms with Crippen molar-refractivity contribution in [1.82, 2.24) is 5.32 Å². The van der Waals surface area contributed by atoms with E-state index in [2.05, 4.69) is 131 Å². The highest BCUT2D eigenvalue weighted by atomic mass is 16.3. The third-order valence-electron chi connectivity index (χ3n) is 13.7. The first-order valence-corrected chi connectivity index (χ1v) is 25.3. The van der Waals surface area contributed by atoms with Crippen molar-refractivity contribution in [2.24, 2.45) is 0 Å². The second-order valence-corrected chi connectivity index (χ2v) is 23.3. The van der Waals surface area contributed by atoms with Gasteiger partial charge in [-0.2, -0.15) is 0 Å². The number of rotatable bonds is 14. The Bertz CT molecular complexity index is 2650. The van der Waals surface area contributed by atoms with E-state index in [0.717, 1.165) is 55.9 Å². The van der Waals surface area contributed by atoms with Crippen molar-refractivity contribution in [3.63, 3.8) is 0 Å². The molecule has 5 rings (SSSR count). The third-order valence-corrected chi connectivity index (χ3v) is 13.7. The van der Waals surface area contributed by atoms with Crippen LogP contribution in [0.4, 0.5) is 11.4 Å². The fourth-order valence-electron chi connectivity index (χ4n) is 9.61. The van der Waals surface area contributed by atoms with Gasteiger partial charge in [0.25, 0.3) is 0 Å². The Morgan fingerprint density at radius 1 is 0.629 bits per heavy atom. The Morgan fingerprint density at radius 2 is 1.06 bits per heavy atom. The highest BCUT2D eigenvalue weighted by Crippen LogP contribution is 2.45. The molecule has 0 heterocycles. The van der Waals surface area contributed by atoms with Crippen molar-refractivity contribution in [1.29, 1.82) is 0 Å². The molecular formula is C60H82N4O6. The maximum atomic E-state index is 14.7. The lowest BCUT2D eigenvalue weighted by Gasteiger charge is -2.35. The van der Waals surface area contributed by atoms with E-state index in [-0.39, 0.29) is 69.0 Å². The van der Waals surface area contributed by atoms with E-state index in [1.807, 2.05) is 62.4 Å². The molecule has 0 spiro atoms. The van der Waals surface area contributed by atoms with Crippen LogP contribution in [0.5, 0.6) is 11.5 Å². The third kappa shape index (κ3) is 11.8. The van der Waals surface area contributed by atoms with E-state index in [1.54, 1.807) is 0 Å². The molecule has 0 fully saturated rings. The Balaban J connectivity index is 1.55. The average Bonchev–Trinajstić information content (AvgIpc) is 3.24. The van der Waals surface area contributed by atoms with Crippen molar-refractivity contribution in [3.05, 3.63) is 121 Å². The standard InChI is InChI=1S/C60H82N4O6/c1-19-63(20-2)47-33-45(61-49(65)25-23-37-29-41(57(7,8)9)53(67)42(30-37)58(10,11)12)39(27-35(47)5)51-55(69)52(56(51)70)40-28-36(6)48(64(21-3)22-4)34-46(40)62-50(66)26-24-38-31-43(59(13,14)15)54(68)44(32-38)60(16,17)18/h27-34H,19-26H2,1-18H3,(H4,61,62,65,66,67,68,69,70). The van der Waals surface area contributed by atoms with Crippen molar-refractivity contribution < 1.29 is 34.3 Å². The summed E-state index contributed by atoms with van der Waals surface area (Å²) in [5, 5.41) is 43.5. The van der Waals surface area contributed by atoms with Gasteiger partial charge >= 0.3 is 0 Å². The number of allylic oxidation sites excluding steroid dienone is 5. The molecule has 0 atom stereocenters. The van der Waals surface area contributed by atoms with E-state index in [1.165, 1.54) is 0 Å². The molecule has 0 aromatic heterocycles. The Morgan fingerprint density at radius 3 is 1.44 bits per heavy atom. The first kappa shape index (κ1) is 55.0. The van der Waals surface area contributed by atoms with Crippen LogP contribution in [0, 0.1) is 6.92 Å². The first-order valence-electron chi connectivity index (χ1n) is 25.3. The number of anilines is 2. The van der Waals surface area contributed by atoms with Gasteiger partial charge in [-0.25, -0.2) is 4.58 Å². The number of phenols is 2. The van der Waals surface area contributed by atoms with Crippen molar-refractivity contribution in [3.8, 4) is 11.5 Å². The summed E-state index contributed by atoms with van der Waals surface area (Å²) in [6, 6.07) is 11.6. The van der Waals surface area contributed by atoms with E-state index < -0.39 is 11.5 Å². The smallest absolute Gasteiger partial charge is 0.224 e. The summed E-state index contributed by atoms with van der Waals surface area (Å²) in [7, 11) is 0. The van der Waals surface area contributed by atoms with Gasteiger partial charge in [-0.1, -0.05) is 113 Å². The molecule has 70 heavy (non-hydrogen) atoms. The molecule has 3 aromatic rings. The summed E-state index contributed by atoms with van der Waals surface area (Å²) in [4.78, 5) is 44.9. The molecule has 0 saturated heterocycles.